The van der Waals surface area contributed by atoms with Crippen LogP contribution in [0.25, 0.3) is 0 Å². The highest BCUT2D eigenvalue weighted by atomic mass is 16.5. The topological polar surface area (TPSA) is 77.2 Å². The molecule has 0 saturated heterocycles. The Hall–Kier alpha value is -2.40. The van der Waals surface area contributed by atoms with Gasteiger partial charge in [-0.15, -0.1) is 0 Å². The molecule has 25 heavy (non-hydrogen) atoms. The summed E-state index contributed by atoms with van der Waals surface area (Å²) in [4.78, 5) is 15.1. The van der Waals surface area contributed by atoms with Crippen LogP contribution in [0.1, 0.15) is 41.8 Å². The first kappa shape index (κ1) is 18.9. The van der Waals surface area contributed by atoms with Gasteiger partial charge in [0.15, 0.2) is 0 Å². The first-order valence-electron chi connectivity index (χ1n) is 8.69. The van der Waals surface area contributed by atoms with Gasteiger partial charge >= 0.3 is 0 Å². The molecule has 5 heteroatoms. The number of amides is 1. The number of ether oxygens (including phenoxy) is 1. The molecule has 0 bridgehead atoms. The van der Waals surface area contributed by atoms with Crippen LogP contribution >= 0.6 is 0 Å². The van der Waals surface area contributed by atoms with Gasteiger partial charge in [-0.3, -0.25) is 4.79 Å². The molecule has 0 atom stereocenters. The van der Waals surface area contributed by atoms with Crippen LogP contribution in [0.3, 0.4) is 0 Å². The van der Waals surface area contributed by atoms with Gasteiger partial charge in [-0.25, -0.2) is 4.98 Å². The number of nitrogens with one attached hydrogen (secondary N) is 1. The molecule has 5 nitrogen and oxygen atoms in total. The Morgan fingerprint density at radius 3 is 2.64 bits per heavy atom. The van der Waals surface area contributed by atoms with Crippen molar-refractivity contribution >= 4 is 5.91 Å². The van der Waals surface area contributed by atoms with Crippen molar-refractivity contribution in [2.24, 2.45) is 11.7 Å². The van der Waals surface area contributed by atoms with Gasteiger partial charge in [0.05, 0.1) is 5.56 Å². The lowest BCUT2D eigenvalue weighted by Crippen LogP contribution is -2.20. The fourth-order valence-corrected chi connectivity index (χ4v) is 2.46. The number of rotatable bonds is 9. The molecule has 0 aliphatic rings. The van der Waals surface area contributed by atoms with Crippen LogP contribution in [0.2, 0.25) is 0 Å². The van der Waals surface area contributed by atoms with Crippen LogP contribution in [-0.2, 0) is 6.42 Å². The maximum Gasteiger partial charge on any atom is 0.250 e. The van der Waals surface area contributed by atoms with E-state index in [9.17, 15) is 4.79 Å². The Labute approximate surface area is 149 Å². The number of aromatic nitrogens is 1. The number of nitrogens with two attached hydrogens (primary N) is 1. The molecule has 1 heterocycles. The van der Waals surface area contributed by atoms with E-state index in [1.165, 1.54) is 23.7 Å². The van der Waals surface area contributed by atoms with Crippen molar-refractivity contribution in [3.8, 4) is 11.6 Å². The van der Waals surface area contributed by atoms with Crippen molar-refractivity contribution < 1.29 is 9.53 Å². The Morgan fingerprint density at radius 2 is 2.04 bits per heavy atom. The summed E-state index contributed by atoms with van der Waals surface area (Å²) in [6.45, 7) is 8.59. The average molecular weight is 341 g/mol. The van der Waals surface area contributed by atoms with E-state index in [2.05, 4.69) is 37.1 Å². The van der Waals surface area contributed by atoms with Crippen molar-refractivity contribution in [1.29, 1.82) is 0 Å². The number of pyridine rings is 1. The number of benzene rings is 1. The Balaban J connectivity index is 1.89. The molecule has 0 aliphatic carbocycles. The average Bonchev–Trinajstić information content (AvgIpc) is 2.56. The van der Waals surface area contributed by atoms with E-state index in [1.807, 2.05) is 12.1 Å². The molecular weight excluding hydrogens is 314 g/mol. The first-order chi connectivity index (χ1) is 12.0. The second-order valence-corrected chi connectivity index (χ2v) is 6.62. The third-order valence-corrected chi connectivity index (χ3v) is 4.03. The highest BCUT2D eigenvalue weighted by molar-refractivity contribution is 5.92. The van der Waals surface area contributed by atoms with Crippen LogP contribution in [0.15, 0.2) is 36.5 Å². The van der Waals surface area contributed by atoms with Crippen molar-refractivity contribution in [3.63, 3.8) is 0 Å². The predicted molar refractivity (Wildman–Crippen MR) is 100 cm³/mol. The minimum Gasteiger partial charge on any atom is -0.439 e. The number of hydrogen-bond donors (Lipinski definition) is 2. The number of hydrogen-bond acceptors (Lipinski definition) is 4. The van der Waals surface area contributed by atoms with Gasteiger partial charge in [-0.1, -0.05) is 19.9 Å². The Bertz CT molecular complexity index is 697. The smallest absolute Gasteiger partial charge is 0.250 e. The maximum atomic E-state index is 11.0. The van der Waals surface area contributed by atoms with Crippen molar-refractivity contribution in [2.45, 2.75) is 33.6 Å². The van der Waals surface area contributed by atoms with Crippen LogP contribution < -0.4 is 15.8 Å². The van der Waals surface area contributed by atoms with E-state index in [0.717, 1.165) is 31.2 Å². The molecule has 0 radical (unpaired) electrons. The summed E-state index contributed by atoms with van der Waals surface area (Å²) >= 11 is 0. The van der Waals surface area contributed by atoms with Gasteiger partial charge in [0.25, 0.3) is 0 Å². The lowest BCUT2D eigenvalue weighted by atomic mass is 10.1. The quantitative estimate of drug-likeness (QED) is 0.685. The first-order valence-corrected chi connectivity index (χ1v) is 8.69. The number of primary amides is 1. The molecule has 0 spiro atoms. The minimum absolute atomic E-state index is 0.365. The summed E-state index contributed by atoms with van der Waals surface area (Å²) in [7, 11) is 0. The zero-order valence-electron chi connectivity index (χ0n) is 15.2. The Morgan fingerprint density at radius 1 is 1.24 bits per heavy atom. The van der Waals surface area contributed by atoms with Gasteiger partial charge in [-0.2, -0.15) is 0 Å². The summed E-state index contributed by atoms with van der Waals surface area (Å²) in [6, 6.07) is 9.29. The fourth-order valence-electron chi connectivity index (χ4n) is 2.46. The number of nitrogens with zero attached hydrogens (tertiary/aromatic N) is 1. The molecule has 1 aromatic heterocycles. The summed E-state index contributed by atoms with van der Waals surface area (Å²) in [5.74, 6) is 1.40. The molecule has 1 aromatic carbocycles. The molecule has 1 amide bonds. The molecule has 134 valence electrons. The highest BCUT2D eigenvalue weighted by Gasteiger charge is 2.05. The Kier molecular flexibility index (Phi) is 6.95. The molecular formula is C20H27N3O2. The van der Waals surface area contributed by atoms with E-state index in [4.69, 9.17) is 10.5 Å². The molecule has 0 unspecified atom stereocenters. The number of aryl methyl sites for hydroxylation is 1. The van der Waals surface area contributed by atoms with E-state index < -0.39 is 5.91 Å². The predicted octanol–water partition coefficient (Wildman–Crippen LogP) is 3.46. The van der Waals surface area contributed by atoms with Crippen molar-refractivity contribution in [2.75, 3.05) is 13.1 Å². The van der Waals surface area contributed by atoms with Crippen LogP contribution in [0.5, 0.6) is 11.6 Å². The van der Waals surface area contributed by atoms with Crippen molar-refractivity contribution in [1.82, 2.24) is 10.3 Å². The molecule has 0 saturated carbocycles. The van der Waals surface area contributed by atoms with Gasteiger partial charge < -0.3 is 15.8 Å². The van der Waals surface area contributed by atoms with Crippen LogP contribution in [0.4, 0.5) is 0 Å². The van der Waals surface area contributed by atoms with E-state index in [0.29, 0.717) is 11.4 Å². The van der Waals surface area contributed by atoms with E-state index in [1.54, 1.807) is 12.1 Å². The van der Waals surface area contributed by atoms with E-state index in [-0.39, 0.29) is 0 Å². The molecule has 3 N–H and O–H groups in total. The normalized spacial score (nSPS) is 10.9. The van der Waals surface area contributed by atoms with Gasteiger partial charge in [0.2, 0.25) is 11.8 Å². The lowest BCUT2D eigenvalue weighted by Gasteiger charge is -2.11. The molecule has 0 fully saturated rings. The SMILES string of the molecule is Cc1cc(Oc2ccc(C(N)=O)cn2)ccc1CCNCCC(C)C. The third-order valence-electron chi connectivity index (χ3n) is 4.03. The zero-order chi connectivity index (χ0) is 18.2. The summed E-state index contributed by atoms with van der Waals surface area (Å²) in [6.07, 6.45) is 3.62. The largest absolute Gasteiger partial charge is 0.439 e. The molecule has 0 aliphatic heterocycles. The van der Waals surface area contributed by atoms with Gasteiger partial charge in [0, 0.05) is 12.3 Å². The monoisotopic (exact) mass is 341 g/mol. The summed E-state index contributed by atoms with van der Waals surface area (Å²) in [5, 5.41) is 3.48. The van der Waals surface area contributed by atoms with Crippen LogP contribution in [0, 0.1) is 12.8 Å². The maximum absolute atomic E-state index is 11.0. The van der Waals surface area contributed by atoms with Gasteiger partial charge in [0.1, 0.15) is 5.75 Å². The second-order valence-electron chi connectivity index (χ2n) is 6.62. The summed E-state index contributed by atoms with van der Waals surface area (Å²) < 4.78 is 5.74. The minimum atomic E-state index is -0.499. The summed E-state index contributed by atoms with van der Waals surface area (Å²) in [5.41, 5.74) is 8.06. The zero-order valence-corrected chi connectivity index (χ0v) is 15.2. The van der Waals surface area contributed by atoms with Gasteiger partial charge in [-0.05, 0) is 68.1 Å². The third kappa shape index (κ3) is 6.19. The number of carbonyl (C=O) groups excluding carboxylic acids is 1. The van der Waals surface area contributed by atoms with E-state index >= 15 is 0 Å². The second kappa shape index (κ2) is 9.18. The standard InChI is InChI=1S/C20H27N3O2/c1-14(2)8-10-22-11-9-16-4-6-18(12-15(16)3)25-19-7-5-17(13-23-19)20(21)24/h4-7,12-14,22H,8-11H2,1-3H3,(H2,21,24). The molecule has 2 rings (SSSR count). The highest BCUT2D eigenvalue weighted by Crippen LogP contribution is 2.22. The van der Waals surface area contributed by atoms with Crippen molar-refractivity contribution in [3.05, 3.63) is 53.2 Å². The lowest BCUT2D eigenvalue weighted by molar-refractivity contribution is 0.1000. The number of carbonyl (C=O) groups is 1. The van der Waals surface area contributed by atoms with Crippen LogP contribution in [-0.4, -0.2) is 24.0 Å². The fraction of sp³-hybridized carbons (Fsp3) is 0.400. The molecule has 2 aromatic rings.